The highest BCUT2D eigenvalue weighted by Crippen LogP contribution is 2.58. The molecule has 1 aliphatic carbocycles. The molecule has 0 saturated carbocycles. The lowest BCUT2D eigenvalue weighted by molar-refractivity contribution is -0.656. The Balaban J connectivity index is 0.891. The number of nitrogens with zero attached hydrogens (tertiary/aromatic N) is 8. The third-order valence-electron chi connectivity index (χ3n) is 13.6. The van der Waals surface area contributed by atoms with Crippen LogP contribution in [0.25, 0.3) is 33.4 Å². The van der Waals surface area contributed by atoms with Gasteiger partial charge in [0.1, 0.15) is 79.5 Å². The summed E-state index contributed by atoms with van der Waals surface area (Å²) in [5.41, 5.74) is 0.0647. The van der Waals surface area contributed by atoms with Gasteiger partial charge < -0.3 is 64.2 Å². The second kappa shape index (κ2) is 25.0. The Morgan fingerprint density at radius 3 is 1.88 bits per heavy atom. The van der Waals surface area contributed by atoms with E-state index in [0.717, 1.165) is 13.7 Å². The van der Waals surface area contributed by atoms with Gasteiger partial charge in [-0.3, -0.25) is 34.2 Å². The van der Waals surface area contributed by atoms with Crippen molar-refractivity contribution in [3.63, 3.8) is 0 Å². The van der Waals surface area contributed by atoms with E-state index in [2.05, 4.69) is 42.6 Å². The predicted molar refractivity (Wildman–Crippen MR) is 275 cm³/mol. The molecule has 85 heavy (non-hydrogen) atoms. The van der Waals surface area contributed by atoms with Gasteiger partial charge in [-0.15, -0.1) is 0 Å². The van der Waals surface area contributed by atoms with E-state index in [0.29, 0.717) is 16.5 Å². The summed E-state index contributed by atoms with van der Waals surface area (Å²) < 4.78 is 59.9. The van der Waals surface area contributed by atoms with E-state index in [1.54, 1.807) is 6.07 Å². The molecule has 18 N–H and O–H groups in total. The van der Waals surface area contributed by atoms with Gasteiger partial charge >= 0.3 is 28.3 Å². The van der Waals surface area contributed by atoms with E-state index in [4.69, 9.17) is 61.6 Å². The maximum Gasteiger partial charge on any atom is 0.449 e. The molecule has 5 aromatic rings. The van der Waals surface area contributed by atoms with Crippen LogP contribution >= 0.6 is 16.3 Å². The maximum absolute atomic E-state index is 14.2. The molecule has 11 atom stereocenters. The molecule has 2 aromatic carbocycles. The summed E-state index contributed by atoms with van der Waals surface area (Å²) in [4.78, 5) is 78.3. The number of aliphatic hydroxyl groups excluding tert-OH is 3. The van der Waals surface area contributed by atoms with Gasteiger partial charge in [-0.25, -0.2) is 4.79 Å². The van der Waals surface area contributed by atoms with Gasteiger partial charge in [0.25, 0.3) is 18.0 Å². The first-order valence-corrected chi connectivity index (χ1v) is 28.1. The number of aromatic nitrogens is 6. The topological polar surface area (TPSA) is 536 Å². The standard InChI is InChI=1S/C48H51N13O22P2/c49-37-7-10-59(46(68)55-37)40-16-29(65)35(77-40)20-73-84(71,82-52)81-33-18-42(78-36(33)21-74-85(72,83-53)80-32-17-41(76-34(32)19-62)60-11-8-38(50)56-47(60)69)61-12-9-39(58-48(61)70)57-45(67)54-22-1-4-25(28(13-22)44(66)79-51)43-26-5-2-23(63)14-30(26)75-31-15-24(64)3-6-27(31)43/h1-15,29,32-36,40-42,62,65H,16-21H2,51-53H3,(H4-3,49,50,54,55,56,57,58,63,64,67,68,69,70)/p+3/t29-,32-,33-,34+,35+,36+,40+,41+,42+,84?,85?/m0/s1. The first-order chi connectivity index (χ1) is 40.7. The monoisotopic (exact) mass is 1230 g/mol. The number of phenols is 1. The average molecular weight is 1230 g/mol. The number of nitrogens with one attached hydrogen (secondary N) is 2. The zero-order valence-corrected chi connectivity index (χ0v) is 45.7. The van der Waals surface area contributed by atoms with E-state index in [-0.39, 0.29) is 75.1 Å². The third-order valence-corrected chi connectivity index (χ3v) is 16.2. The number of hydrogen-bond donors (Lipinski definition) is 12. The molecule has 2 unspecified atom stereocenters. The number of carbonyl (C=O) groups excluding carboxylic acids is 1. The minimum Gasteiger partial charge on any atom is -0.601 e. The zero-order valence-electron chi connectivity index (χ0n) is 43.9. The van der Waals surface area contributed by atoms with E-state index < -0.39 is 121 Å². The number of fused-ring (bicyclic) bond motifs is 2. The molecule has 0 bridgehead atoms. The van der Waals surface area contributed by atoms with Crippen LogP contribution in [0.4, 0.5) is 5.69 Å². The van der Waals surface area contributed by atoms with Crippen LogP contribution in [0.1, 0.15) is 48.3 Å². The number of ether oxygens (including phenoxy) is 3. The summed E-state index contributed by atoms with van der Waals surface area (Å²) >= 11 is 0. The molecule has 7 heterocycles. The second-order valence-corrected chi connectivity index (χ2v) is 22.2. The summed E-state index contributed by atoms with van der Waals surface area (Å²) in [6.45, 7) is -2.10. The number of phenolic OH excluding ortho intramolecular Hbond substituents is 1. The zero-order chi connectivity index (χ0) is 60.5. The van der Waals surface area contributed by atoms with Crippen molar-refractivity contribution in [2.24, 2.45) is 9.98 Å². The molecule has 0 spiro atoms. The van der Waals surface area contributed by atoms with Gasteiger partial charge in [-0.2, -0.15) is 60.7 Å². The van der Waals surface area contributed by atoms with Crippen molar-refractivity contribution >= 4 is 45.0 Å². The first kappa shape index (κ1) is 60.3. The number of benzene rings is 3. The molecule has 3 aromatic heterocycles. The SMILES string of the molecule is N=c1ccn([C@H]2C[C@H](O[P+]([O-])(O[NH3+])OC[C@H]3O[C@@H](n4ccc(=NC(O)=Nc5ccc(-c6c7ccc(=O)cc-7oc7cc(O)ccc67)c(C(=O)O[NH3+])c5)nc4O)C[C@@H]3O[P+]([O-])(O[NH3+])OC[C@H]3O[C@@H](n4ccc(=N)nc4O)C[C@@H]3O)[C@@H](CO)O2)c(O)n1. The molecule has 3 saturated heterocycles. The van der Waals surface area contributed by atoms with Crippen LogP contribution in [0.5, 0.6) is 23.8 Å². The molecule has 4 aliphatic heterocycles. The highest BCUT2D eigenvalue weighted by Gasteiger charge is 2.53. The van der Waals surface area contributed by atoms with Crippen LogP contribution in [0.3, 0.4) is 0 Å². The number of hydrogen-bond acceptors (Lipinski definition) is 27. The van der Waals surface area contributed by atoms with E-state index in [1.165, 1.54) is 85.3 Å². The third kappa shape index (κ3) is 13.2. The Hall–Kier alpha value is -7.87. The van der Waals surface area contributed by atoms with Gasteiger partial charge in [-0.1, -0.05) is 6.07 Å². The molecule has 37 heteroatoms. The Labute approximate surface area is 476 Å². The van der Waals surface area contributed by atoms with Crippen molar-refractivity contribution in [1.29, 1.82) is 10.8 Å². The minimum atomic E-state index is -4.81. The highest BCUT2D eigenvalue weighted by atomic mass is 31.2. The van der Waals surface area contributed by atoms with Crippen molar-refractivity contribution < 1.29 is 119 Å². The van der Waals surface area contributed by atoms with Crippen molar-refractivity contribution in [3.05, 3.63) is 124 Å². The number of carbonyl (C=O) groups is 1. The van der Waals surface area contributed by atoms with Crippen molar-refractivity contribution in [1.82, 2.24) is 28.7 Å². The summed E-state index contributed by atoms with van der Waals surface area (Å²) in [5.74, 6) is 8.86. The first-order valence-electron chi connectivity index (χ1n) is 25.2. The van der Waals surface area contributed by atoms with Gasteiger partial charge in [0.2, 0.25) is 0 Å². The van der Waals surface area contributed by atoms with Crippen LogP contribution in [0, 0.1) is 10.8 Å². The van der Waals surface area contributed by atoms with Crippen LogP contribution in [-0.4, -0.2) is 133 Å². The van der Waals surface area contributed by atoms with Gasteiger partial charge in [0, 0.05) is 66.5 Å². The van der Waals surface area contributed by atoms with Crippen molar-refractivity contribution in [2.45, 2.75) is 74.6 Å². The summed E-state index contributed by atoms with van der Waals surface area (Å²) in [6.07, 6.45) is -7.87. The smallest absolute Gasteiger partial charge is 0.449 e. The summed E-state index contributed by atoms with van der Waals surface area (Å²) in [6, 6.07) is 13.5. The normalized spacial score (nSPS) is 24.2. The van der Waals surface area contributed by atoms with E-state index in [9.17, 15) is 55.1 Å². The fourth-order valence-electron chi connectivity index (χ4n) is 9.62. The number of phosphoric acid groups is 2. The molecule has 0 radical (unpaired) electrons. The molecule has 450 valence electrons. The molecule has 35 nitrogen and oxygen atoms in total. The van der Waals surface area contributed by atoms with Crippen LogP contribution in [-0.2, 0) is 46.4 Å². The average Bonchev–Trinajstić information content (AvgIpc) is 2.28. The second-order valence-electron chi connectivity index (χ2n) is 18.9. The quantitative estimate of drug-likeness (QED) is 0.0128. The van der Waals surface area contributed by atoms with Crippen molar-refractivity contribution in [3.8, 4) is 46.2 Å². The molecular weight excluding hydrogens is 1170 g/mol. The number of amidine groups is 1. The molecule has 10 rings (SSSR count). The Morgan fingerprint density at radius 2 is 1.28 bits per heavy atom. The van der Waals surface area contributed by atoms with Crippen molar-refractivity contribution in [2.75, 3.05) is 19.8 Å². The lowest BCUT2D eigenvalue weighted by atomic mass is 9.90. The summed E-state index contributed by atoms with van der Waals surface area (Å²) in [7, 11) is -9.59. The number of rotatable bonds is 19. The summed E-state index contributed by atoms with van der Waals surface area (Å²) in [5, 5.41) is 90.0. The van der Waals surface area contributed by atoms with Crippen LogP contribution < -0.4 is 49.4 Å². The largest absolute Gasteiger partial charge is 0.601 e. The van der Waals surface area contributed by atoms with Gasteiger partial charge in [-0.05, 0) is 69.4 Å². The maximum atomic E-state index is 14.2. The number of aromatic hydroxyl groups is 4. The predicted octanol–water partition coefficient (Wildman–Crippen LogP) is -2.76. The van der Waals surface area contributed by atoms with E-state index >= 15 is 0 Å². The number of aliphatic hydroxyl groups is 3. The molecule has 0 amide bonds. The van der Waals surface area contributed by atoms with Crippen LogP contribution in [0.15, 0.2) is 111 Å². The van der Waals surface area contributed by atoms with Crippen LogP contribution in [0.2, 0.25) is 0 Å². The molecule has 3 fully saturated rings. The fourth-order valence-corrected chi connectivity index (χ4v) is 11.8. The van der Waals surface area contributed by atoms with Gasteiger partial charge in [0.15, 0.2) is 21.9 Å². The Morgan fingerprint density at radius 1 is 0.718 bits per heavy atom. The highest BCUT2D eigenvalue weighted by molar-refractivity contribution is 7.54. The van der Waals surface area contributed by atoms with Gasteiger partial charge in [0.05, 0.1) is 24.0 Å². The Kier molecular flexibility index (Phi) is 17.7. The molecule has 5 aliphatic rings. The number of quaternary nitrogens is 3. The minimum absolute atomic E-state index is 0.0224. The Bertz CT molecular complexity index is 3890. The number of phosphoric ester groups is 2. The number of aliphatic imine (C=N–C) groups is 1. The van der Waals surface area contributed by atoms with E-state index in [1.807, 2.05) is 0 Å². The lowest BCUT2D eigenvalue weighted by Gasteiger charge is -2.28. The fraction of sp³-hybridized carbons (Fsp3) is 0.312. The lowest BCUT2D eigenvalue weighted by Crippen LogP contribution is -2.52. The molecular formula is C48H54N13O22P2+3.